The second-order valence-corrected chi connectivity index (χ2v) is 4.47. The van der Waals surface area contributed by atoms with Gasteiger partial charge >= 0.3 is 0 Å². The van der Waals surface area contributed by atoms with Crippen molar-refractivity contribution in [3.05, 3.63) is 34.9 Å². The van der Waals surface area contributed by atoms with Crippen LogP contribution in [0.2, 0.25) is 0 Å². The van der Waals surface area contributed by atoms with Crippen molar-refractivity contribution >= 4 is 26.8 Å². The molecule has 3 heteroatoms. The van der Waals surface area contributed by atoms with Crippen LogP contribution in [0, 0.1) is 0 Å². The summed E-state index contributed by atoms with van der Waals surface area (Å²) in [4.78, 5) is 0. The number of hydrogen-bond acceptors (Lipinski definition) is 1. The highest BCUT2D eigenvalue weighted by atomic mass is 79.9. The van der Waals surface area contributed by atoms with Gasteiger partial charge in [0.25, 0.3) is 0 Å². The molecule has 0 spiro atoms. The fourth-order valence-electron chi connectivity index (χ4n) is 1.77. The highest BCUT2D eigenvalue weighted by Crippen LogP contribution is 2.24. The Bertz CT molecular complexity index is 450. The lowest BCUT2D eigenvalue weighted by molar-refractivity contribution is 0.281. The van der Waals surface area contributed by atoms with Crippen LogP contribution in [0.4, 0.5) is 0 Å². The highest BCUT2D eigenvalue weighted by molar-refractivity contribution is 9.10. The normalized spacial score (nSPS) is 11.1. The number of aromatic nitrogens is 1. The van der Waals surface area contributed by atoms with Crippen molar-refractivity contribution in [1.82, 2.24) is 4.57 Å². The Hall–Kier alpha value is -0.800. The molecule has 1 aromatic heterocycles. The molecule has 80 valence electrons. The lowest BCUT2D eigenvalue weighted by atomic mass is 10.2. The largest absolute Gasteiger partial charge is 0.396 e. The van der Waals surface area contributed by atoms with Crippen LogP contribution >= 0.6 is 15.9 Å². The Labute approximate surface area is 97.7 Å². The number of halogens is 1. The molecule has 0 bridgehead atoms. The number of nitrogens with zero attached hydrogens (tertiary/aromatic N) is 1. The van der Waals surface area contributed by atoms with E-state index in [1.165, 1.54) is 10.9 Å². The predicted molar refractivity (Wildman–Crippen MR) is 66.0 cm³/mol. The molecule has 0 saturated heterocycles. The number of aryl methyl sites for hydroxylation is 1. The van der Waals surface area contributed by atoms with Gasteiger partial charge in [0.1, 0.15) is 0 Å². The van der Waals surface area contributed by atoms with Crippen molar-refractivity contribution in [2.45, 2.75) is 19.4 Å². The Morgan fingerprint density at radius 1 is 1.20 bits per heavy atom. The molecular weight excluding hydrogens is 254 g/mol. The first kappa shape index (κ1) is 10.7. The molecule has 0 amide bonds. The number of rotatable bonds is 4. The zero-order chi connectivity index (χ0) is 10.7. The molecule has 2 nitrogen and oxygen atoms in total. The van der Waals surface area contributed by atoms with E-state index < -0.39 is 0 Å². The Morgan fingerprint density at radius 2 is 2.07 bits per heavy atom. The van der Waals surface area contributed by atoms with Crippen LogP contribution in [-0.2, 0) is 6.54 Å². The van der Waals surface area contributed by atoms with Crippen LogP contribution in [0.5, 0.6) is 0 Å². The zero-order valence-electron chi connectivity index (χ0n) is 8.49. The highest BCUT2D eigenvalue weighted by Gasteiger charge is 2.02. The van der Waals surface area contributed by atoms with Crippen molar-refractivity contribution < 1.29 is 5.11 Å². The third-order valence-electron chi connectivity index (χ3n) is 2.57. The number of fused-ring (bicyclic) bond motifs is 1. The first-order chi connectivity index (χ1) is 7.33. The summed E-state index contributed by atoms with van der Waals surface area (Å²) >= 11 is 3.54. The lowest BCUT2D eigenvalue weighted by Gasteiger charge is -2.04. The van der Waals surface area contributed by atoms with E-state index in [4.69, 9.17) is 5.11 Å². The summed E-state index contributed by atoms with van der Waals surface area (Å²) < 4.78 is 3.37. The quantitative estimate of drug-likeness (QED) is 0.846. The van der Waals surface area contributed by atoms with Crippen molar-refractivity contribution in [1.29, 1.82) is 0 Å². The van der Waals surface area contributed by atoms with Gasteiger partial charge < -0.3 is 9.67 Å². The lowest BCUT2D eigenvalue weighted by Crippen LogP contribution is -1.96. The van der Waals surface area contributed by atoms with Crippen LogP contribution < -0.4 is 0 Å². The maximum Gasteiger partial charge on any atom is 0.0491 e. The van der Waals surface area contributed by atoms with Gasteiger partial charge in [0, 0.05) is 34.7 Å². The van der Waals surface area contributed by atoms with E-state index in [0.29, 0.717) is 0 Å². The van der Waals surface area contributed by atoms with Gasteiger partial charge in [0.2, 0.25) is 0 Å². The standard InChI is InChI=1S/C12H14BrNO/c13-11-4-3-5-12-10(11)6-8-14(12)7-1-2-9-15/h3-6,8,15H,1-2,7,9H2. The first-order valence-corrected chi connectivity index (χ1v) is 5.96. The van der Waals surface area contributed by atoms with Gasteiger partial charge in [-0.05, 0) is 31.0 Å². The number of hydrogen-bond donors (Lipinski definition) is 1. The van der Waals surface area contributed by atoms with Crippen molar-refractivity contribution in [3.8, 4) is 0 Å². The molecule has 1 N–H and O–H groups in total. The second-order valence-electron chi connectivity index (χ2n) is 3.61. The number of benzene rings is 1. The van der Waals surface area contributed by atoms with Gasteiger partial charge in [-0.1, -0.05) is 22.0 Å². The molecule has 1 heterocycles. The van der Waals surface area contributed by atoms with Gasteiger partial charge in [-0.3, -0.25) is 0 Å². The van der Waals surface area contributed by atoms with Crippen LogP contribution in [-0.4, -0.2) is 16.3 Å². The van der Waals surface area contributed by atoms with E-state index in [1.54, 1.807) is 0 Å². The third-order valence-corrected chi connectivity index (χ3v) is 3.26. The van der Waals surface area contributed by atoms with E-state index in [-0.39, 0.29) is 6.61 Å². The summed E-state index contributed by atoms with van der Waals surface area (Å²) in [6, 6.07) is 8.35. The first-order valence-electron chi connectivity index (χ1n) is 5.17. The number of aliphatic hydroxyl groups is 1. The minimum Gasteiger partial charge on any atom is -0.396 e. The van der Waals surface area contributed by atoms with Gasteiger partial charge in [0.15, 0.2) is 0 Å². The summed E-state index contributed by atoms with van der Waals surface area (Å²) in [5.74, 6) is 0. The molecule has 15 heavy (non-hydrogen) atoms. The second kappa shape index (κ2) is 4.81. The summed E-state index contributed by atoms with van der Waals surface area (Å²) in [7, 11) is 0. The monoisotopic (exact) mass is 267 g/mol. The molecule has 2 rings (SSSR count). The van der Waals surface area contributed by atoms with E-state index >= 15 is 0 Å². The maximum absolute atomic E-state index is 8.74. The molecule has 0 aliphatic heterocycles. The molecular formula is C12H14BrNO. The molecule has 0 fully saturated rings. The van der Waals surface area contributed by atoms with Gasteiger partial charge in [-0.25, -0.2) is 0 Å². The average molecular weight is 268 g/mol. The molecule has 0 radical (unpaired) electrons. The maximum atomic E-state index is 8.74. The fraction of sp³-hybridized carbons (Fsp3) is 0.333. The minimum atomic E-state index is 0.281. The summed E-state index contributed by atoms with van der Waals surface area (Å²) in [5.41, 5.74) is 1.25. The van der Waals surface area contributed by atoms with Gasteiger partial charge in [0.05, 0.1) is 0 Å². The molecule has 0 saturated carbocycles. The number of aliphatic hydroxyl groups excluding tert-OH is 1. The SMILES string of the molecule is OCCCCn1ccc2c(Br)cccc21. The zero-order valence-corrected chi connectivity index (χ0v) is 10.1. The van der Waals surface area contributed by atoms with E-state index in [9.17, 15) is 0 Å². The van der Waals surface area contributed by atoms with Crippen molar-refractivity contribution in [2.75, 3.05) is 6.61 Å². The van der Waals surface area contributed by atoms with Crippen molar-refractivity contribution in [3.63, 3.8) is 0 Å². The molecule has 0 atom stereocenters. The average Bonchev–Trinajstić information content (AvgIpc) is 2.64. The Morgan fingerprint density at radius 3 is 2.87 bits per heavy atom. The van der Waals surface area contributed by atoms with Gasteiger partial charge in [-0.15, -0.1) is 0 Å². The molecule has 0 aliphatic rings. The number of unbranched alkanes of at least 4 members (excludes halogenated alkanes) is 1. The van der Waals surface area contributed by atoms with E-state index in [0.717, 1.165) is 23.9 Å². The van der Waals surface area contributed by atoms with Gasteiger partial charge in [-0.2, -0.15) is 0 Å². The summed E-state index contributed by atoms with van der Waals surface area (Å²) in [6.45, 7) is 1.25. The Kier molecular flexibility index (Phi) is 3.44. The van der Waals surface area contributed by atoms with Crippen LogP contribution in [0.25, 0.3) is 10.9 Å². The molecule has 0 unspecified atom stereocenters. The summed E-state index contributed by atoms with van der Waals surface area (Å²) in [6.07, 6.45) is 3.99. The van der Waals surface area contributed by atoms with E-state index in [1.807, 2.05) is 0 Å². The minimum absolute atomic E-state index is 0.281. The molecule has 0 aliphatic carbocycles. The van der Waals surface area contributed by atoms with Crippen molar-refractivity contribution in [2.24, 2.45) is 0 Å². The third kappa shape index (κ3) is 2.24. The predicted octanol–water partition coefficient (Wildman–Crippen LogP) is 3.18. The topological polar surface area (TPSA) is 25.2 Å². The van der Waals surface area contributed by atoms with E-state index in [2.05, 4.69) is 51.0 Å². The molecule has 2 aromatic rings. The van der Waals surface area contributed by atoms with Crippen LogP contribution in [0.15, 0.2) is 34.9 Å². The Balaban J connectivity index is 2.25. The summed E-state index contributed by atoms with van der Waals surface area (Å²) in [5, 5.41) is 9.99. The smallest absolute Gasteiger partial charge is 0.0491 e. The van der Waals surface area contributed by atoms with Crippen LogP contribution in [0.1, 0.15) is 12.8 Å². The fourth-order valence-corrected chi connectivity index (χ4v) is 2.26. The van der Waals surface area contributed by atoms with Crippen LogP contribution in [0.3, 0.4) is 0 Å². The molecule has 1 aromatic carbocycles.